The van der Waals surface area contributed by atoms with Gasteiger partial charge in [0, 0.05) is 29.0 Å². The average Bonchev–Trinajstić information content (AvgIpc) is 3.14. The summed E-state index contributed by atoms with van der Waals surface area (Å²) >= 11 is 1.45. The van der Waals surface area contributed by atoms with Crippen LogP contribution in [0.1, 0.15) is 22.3 Å². The van der Waals surface area contributed by atoms with Crippen LogP contribution in [0, 0.1) is 24.0 Å². The van der Waals surface area contributed by atoms with E-state index in [1.807, 2.05) is 30.5 Å². The molecule has 0 saturated carbocycles. The van der Waals surface area contributed by atoms with E-state index < -0.39 is 4.92 Å². The molecule has 0 saturated heterocycles. The number of rotatable bonds is 5. The van der Waals surface area contributed by atoms with Gasteiger partial charge in [0.15, 0.2) is 11.9 Å². The zero-order valence-corrected chi connectivity index (χ0v) is 16.2. The quantitative estimate of drug-likeness (QED) is 0.365. The Morgan fingerprint density at radius 3 is 2.93 bits per heavy atom. The van der Waals surface area contributed by atoms with Crippen LogP contribution in [0.25, 0.3) is 5.69 Å². The van der Waals surface area contributed by atoms with Crippen molar-refractivity contribution in [3.63, 3.8) is 0 Å². The number of hydrogen-bond donors (Lipinski definition) is 0. The van der Waals surface area contributed by atoms with Crippen molar-refractivity contribution in [3.05, 3.63) is 69.0 Å². The van der Waals surface area contributed by atoms with Crippen molar-refractivity contribution < 1.29 is 14.4 Å². The van der Waals surface area contributed by atoms with Gasteiger partial charge in [-0.2, -0.15) is 0 Å². The average molecular weight is 398 g/mol. The van der Waals surface area contributed by atoms with Crippen LogP contribution < -0.4 is 4.74 Å². The Labute approximate surface area is 165 Å². The summed E-state index contributed by atoms with van der Waals surface area (Å²) in [6, 6.07) is 9.24. The highest BCUT2D eigenvalue weighted by atomic mass is 32.2. The number of benzene rings is 2. The zero-order chi connectivity index (χ0) is 19.7. The number of nitro groups is 1. The first-order chi connectivity index (χ1) is 13.5. The standard InChI is InChI=1S/C19H18N4O4S/c1-12-3-4-17(13(2)5-12)22-10-20-21-19(22)28-9-15-7-16(23(24)25)6-14-8-26-11-27-18(14)15/h3-7,10H,8-9,11H2,1-2H3. The van der Waals surface area contributed by atoms with Crippen LogP contribution in [-0.4, -0.2) is 26.5 Å². The van der Waals surface area contributed by atoms with Gasteiger partial charge >= 0.3 is 0 Å². The largest absolute Gasteiger partial charge is 0.467 e. The molecule has 144 valence electrons. The van der Waals surface area contributed by atoms with Crippen molar-refractivity contribution in [1.82, 2.24) is 14.8 Å². The van der Waals surface area contributed by atoms with E-state index in [0.717, 1.165) is 16.8 Å². The maximum absolute atomic E-state index is 11.3. The predicted octanol–water partition coefficient (Wildman–Crippen LogP) is 3.95. The first kappa shape index (κ1) is 18.5. The normalized spacial score (nSPS) is 13.1. The lowest BCUT2D eigenvalue weighted by molar-refractivity contribution is -0.385. The molecule has 0 spiro atoms. The van der Waals surface area contributed by atoms with Crippen molar-refractivity contribution in [2.24, 2.45) is 0 Å². The van der Waals surface area contributed by atoms with Crippen molar-refractivity contribution in [2.75, 3.05) is 6.79 Å². The summed E-state index contributed by atoms with van der Waals surface area (Å²) in [6.07, 6.45) is 1.67. The summed E-state index contributed by atoms with van der Waals surface area (Å²) in [5.41, 5.74) is 4.77. The molecule has 2 aromatic carbocycles. The number of hydrogen-bond acceptors (Lipinski definition) is 7. The lowest BCUT2D eigenvalue weighted by atomic mass is 10.1. The third kappa shape index (κ3) is 3.58. The number of nitrogens with zero attached hydrogens (tertiary/aromatic N) is 4. The molecule has 4 rings (SSSR count). The van der Waals surface area contributed by atoms with Gasteiger partial charge in [0.25, 0.3) is 5.69 Å². The third-order valence-corrected chi connectivity index (χ3v) is 5.46. The molecule has 2 heterocycles. The van der Waals surface area contributed by atoms with Crippen LogP contribution in [0.5, 0.6) is 5.75 Å². The monoisotopic (exact) mass is 398 g/mol. The Kier molecular flexibility index (Phi) is 5.01. The number of fused-ring (bicyclic) bond motifs is 1. The van der Waals surface area contributed by atoms with Gasteiger partial charge in [0.2, 0.25) is 0 Å². The fourth-order valence-corrected chi connectivity index (χ4v) is 4.09. The molecule has 3 aromatic rings. The lowest BCUT2D eigenvalue weighted by Crippen LogP contribution is -2.13. The van der Waals surface area contributed by atoms with Gasteiger partial charge in [0.1, 0.15) is 12.1 Å². The molecular formula is C19H18N4O4S. The number of ether oxygens (including phenoxy) is 2. The molecule has 0 amide bonds. The molecule has 0 N–H and O–H groups in total. The zero-order valence-electron chi connectivity index (χ0n) is 15.4. The summed E-state index contributed by atoms with van der Waals surface area (Å²) in [6.45, 7) is 4.53. The molecule has 0 unspecified atom stereocenters. The predicted molar refractivity (Wildman–Crippen MR) is 104 cm³/mol. The highest BCUT2D eigenvalue weighted by molar-refractivity contribution is 7.98. The number of nitro benzene ring substituents is 1. The van der Waals surface area contributed by atoms with Crippen molar-refractivity contribution in [2.45, 2.75) is 31.4 Å². The van der Waals surface area contributed by atoms with E-state index in [4.69, 9.17) is 9.47 Å². The molecule has 0 aliphatic carbocycles. The van der Waals surface area contributed by atoms with Gasteiger partial charge in [-0.25, -0.2) is 0 Å². The minimum atomic E-state index is -0.402. The maximum Gasteiger partial charge on any atom is 0.270 e. The molecule has 0 bridgehead atoms. The molecule has 0 atom stereocenters. The minimum absolute atomic E-state index is 0.0271. The van der Waals surface area contributed by atoms with Crippen molar-refractivity contribution in [1.29, 1.82) is 0 Å². The smallest absolute Gasteiger partial charge is 0.270 e. The van der Waals surface area contributed by atoms with E-state index in [1.165, 1.54) is 23.4 Å². The molecule has 0 radical (unpaired) electrons. The molecule has 0 fully saturated rings. The highest BCUT2D eigenvalue weighted by Gasteiger charge is 2.21. The SMILES string of the molecule is Cc1ccc(-n2cnnc2SCc2cc([N+](=O)[O-])cc3c2OCOC3)c(C)c1. The van der Waals surface area contributed by atoms with Gasteiger partial charge < -0.3 is 9.47 Å². The molecule has 1 aliphatic heterocycles. The van der Waals surface area contributed by atoms with Gasteiger partial charge in [-0.1, -0.05) is 29.5 Å². The van der Waals surface area contributed by atoms with Crippen LogP contribution in [0.2, 0.25) is 0 Å². The summed E-state index contributed by atoms with van der Waals surface area (Å²) in [5.74, 6) is 1.12. The fraction of sp³-hybridized carbons (Fsp3) is 0.263. The van der Waals surface area contributed by atoms with Crippen molar-refractivity contribution in [3.8, 4) is 11.4 Å². The Balaban J connectivity index is 1.63. The van der Waals surface area contributed by atoms with E-state index >= 15 is 0 Å². The Hall–Kier alpha value is -2.91. The number of thioether (sulfide) groups is 1. The fourth-order valence-electron chi connectivity index (χ4n) is 3.20. The van der Waals surface area contributed by atoms with Gasteiger partial charge in [-0.3, -0.25) is 14.7 Å². The molecule has 1 aliphatic rings. The van der Waals surface area contributed by atoms with E-state index in [9.17, 15) is 10.1 Å². The van der Waals surface area contributed by atoms with E-state index in [-0.39, 0.29) is 12.5 Å². The van der Waals surface area contributed by atoms with Gasteiger partial charge in [-0.15, -0.1) is 10.2 Å². The van der Waals surface area contributed by atoms with E-state index in [1.54, 1.807) is 12.4 Å². The lowest BCUT2D eigenvalue weighted by Gasteiger charge is -2.20. The van der Waals surface area contributed by atoms with Crippen LogP contribution in [0.3, 0.4) is 0 Å². The van der Waals surface area contributed by atoms with Crippen LogP contribution >= 0.6 is 11.8 Å². The maximum atomic E-state index is 11.3. The summed E-state index contributed by atoms with van der Waals surface area (Å²) in [4.78, 5) is 10.9. The first-order valence-electron chi connectivity index (χ1n) is 8.64. The third-order valence-electron chi connectivity index (χ3n) is 4.47. The van der Waals surface area contributed by atoms with Crippen molar-refractivity contribution >= 4 is 17.4 Å². The number of aryl methyl sites for hydroxylation is 2. The molecule has 1 aromatic heterocycles. The second kappa shape index (κ2) is 7.61. The second-order valence-corrected chi connectivity index (χ2v) is 7.47. The summed E-state index contributed by atoms with van der Waals surface area (Å²) in [7, 11) is 0. The molecule has 28 heavy (non-hydrogen) atoms. The van der Waals surface area contributed by atoms with Crippen LogP contribution in [0.4, 0.5) is 5.69 Å². The summed E-state index contributed by atoms with van der Waals surface area (Å²) in [5, 5.41) is 20.2. The van der Waals surface area contributed by atoms with E-state index in [0.29, 0.717) is 28.8 Å². The highest BCUT2D eigenvalue weighted by Crippen LogP contribution is 2.36. The van der Waals surface area contributed by atoms with Gasteiger partial charge in [0.05, 0.1) is 17.2 Å². The second-order valence-electron chi connectivity index (χ2n) is 6.52. The topological polar surface area (TPSA) is 92.3 Å². The Bertz CT molecular complexity index is 1050. The van der Waals surface area contributed by atoms with Crippen LogP contribution in [-0.2, 0) is 17.1 Å². The van der Waals surface area contributed by atoms with E-state index in [2.05, 4.69) is 16.3 Å². The number of non-ortho nitro benzene ring substituents is 1. The van der Waals surface area contributed by atoms with Gasteiger partial charge in [-0.05, 0) is 25.5 Å². The van der Waals surface area contributed by atoms with Crippen LogP contribution in [0.15, 0.2) is 41.8 Å². The minimum Gasteiger partial charge on any atom is -0.467 e. The molecule has 9 heteroatoms. The molecule has 8 nitrogen and oxygen atoms in total. The molecular weight excluding hydrogens is 380 g/mol. The Morgan fingerprint density at radius 1 is 1.29 bits per heavy atom. The summed E-state index contributed by atoms with van der Waals surface area (Å²) < 4.78 is 12.8. The number of aromatic nitrogens is 3. The first-order valence-corrected chi connectivity index (χ1v) is 9.62. The Morgan fingerprint density at radius 2 is 2.14 bits per heavy atom.